The highest BCUT2D eigenvalue weighted by atomic mass is 16.2. The number of piperazine rings is 1. The molecule has 0 radical (unpaired) electrons. The van der Waals surface area contributed by atoms with Gasteiger partial charge >= 0.3 is 6.03 Å². The highest BCUT2D eigenvalue weighted by Gasteiger charge is 2.50. The van der Waals surface area contributed by atoms with Crippen molar-refractivity contribution < 1.29 is 14.4 Å². The maximum atomic E-state index is 13.5. The molecule has 0 bridgehead atoms. The number of hydrazine groups is 1. The summed E-state index contributed by atoms with van der Waals surface area (Å²) in [6.45, 7) is 3.23. The summed E-state index contributed by atoms with van der Waals surface area (Å²) in [4.78, 5) is 43.4. The molecule has 0 aliphatic carbocycles. The minimum atomic E-state index is -0.562. The first kappa shape index (κ1) is 23.8. The number of unbranched alkanes of at least 4 members (excludes halogenated alkanes) is 1. The van der Waals surface area contributed by atoms with Crippen LogP contribution in [0.15, 0.2) is 60.7 Å². The molecule has 2 saturated heterocycles. The first-order valence-corrected chi connectivity index (χ1v) is 12.0. The zero-order chi connectivity index (χ0) is 24.1. The summed E-state index contributed by atoms with van der Waals surface area (Å²) in [5, 5.41) is 6.25. The number of carbonyl (C=O) groups excluding carboxylic acids is 3. The van der Waals surface area contributed by atoms with Crippen LogP contribution in [-0.4, -0.2) is 70.0 Å². The maximum absolute atomic E-state index is 13.5. The number of hydrogen-bond acceptors (Lipinski definition) is 4. The van der Waals surface area contributed by atoms with Gasteiger partial charge in [-0.3, -0.25) is 9.59 Å². The summed E-state index contributed by atoms with van der Waals surface area (Å²) >= 11 is 0. The first-order chi connectivity index (χ1) is 16.5. The van der Waals surface area contributed by atoms with Crippen molar-refractivity contribution >= 4 is 17.8 Å². The molecule has 2 atom stereocenters. The minimum Gasteiger partial charge on any atom is -0.333 e. The van der Waals surface area contributed by atoms with E-state index in [1.54, 1.807) is 26.9 Å². The van der Waals surface area contributed by atoms with Crippen LogP contribution in [-0.2, 0) is 22.7 Å². The lowest BCUT2D eigenvalue weighted by atomic mass is 10.0. The fourth-order valence-corrected chi connectivity index (χ4v) is 4.78. The second-order valence-electron chi connectivity index (χ2n) is 8.95. The van der Waals surface area contributed by atoms with Crippen molar-refractivity contribution in [2.75, 3.05) is 20.1 Å². The Morgan fingerprint density at radius 1 is 1.00 bits per heavy atom. The van der Waals surface area contributed by atoms with Gasteiger partial charge in [-0.15, -0.1) is 0 Å². The van der Waals surface area contributed by atoms with Crippen molar-refractivity contribution in [3.05, 3.63) is 71.8 Å². The number of hydrogen-bond donors (Lipinski definition) is 1. The Morgan fingerprint density at radius 3 is 2.29 bits per heavy atom. The van der Waals surface area contributed by atoms with E-state index in [4.69, 9.17) is 0 Å². The third-order valence-electron chi connectivity index (χ3n) is 6.48. The lowest BCUT2D eigenvalue weighted by molar-refractivity contribution is -0.188. The molecular weight excluding hydrogens is 430 g/mol. The largest absolute Gasteiger partial charge is 0.334 e. The molecule has 180 valence electrons. The fourth-order valence-electron chi connectivity index (χ4n) is 4.78. The van der Waals surface area contributed by atoms with Crippen LogP contribution < -0.4 is 5.32 Å². The number of nitrogens with one attached hydrogen (secondary N) is 1. The number of carbonyl (C=O) groups is 3. The molecule has 0 spiro atoms. The van der Waals surface area contributed by atoms with Crippen LogP contribution in [0.5, 0.6) is 0 Å². The zero-order valence-electron chi connectivity index (χ0n) is 19.9. The van der Waals surface area contributed by atoms with Crippen molar-refractivity contribution in [1.29, 1.82) is 0 Å². The highest BCUT2D eigenvalue weighted by molar-refractivity contribution is 5.91. The summed E-state index contributed by atoms with van der Waals surface area (Å²) in [5.74, 6) is -0.162. The Labute approximate surface area is 201 Å². The van der Waals surface area contributed by atoms with Crippen molar-refractivity contribution in [2.45, 2.75) is 51.5 Å². The van der Waals surface area contributed by atoms with E-state index < -0.39 is 12.2 Å². The van der Waals surface area contributed by atoms with Gasteiger partial charge in [0.2, 0.25) is 11.8 Å². The summed E-state index contributed by atoms with van der Waals surface area (Å²) in [6.07, 6.45) is 1.80. The van der Waals surface area contributed by atoms with Gasteiger partial charge in [0.1, 0.15) is 12.2 Å². The van der Waals surface area contributed by atoms with Gasteiger partial charge < -0.3 is 15.1 Å². The van der Waals surface area contributed by atoms with Crippen molar-refractivity contribution in [3.63, 3.8) is 0 Å². The molecule has 0 unspecified atom stereocenters. The third-order valence-corrected chi connectivity index (χ3v) is 6.48. The summed E-state index contributed by atoms with van der Waals surface area (Å²) in [7, 11) is 1.75. The monoisotopic (exact) mass is 463 g/mol. The number of benzene rings is 2. The zero-order valence-corrected chi connectivity index (χ0v) is 19.9. The smallest absolute Gasteiger partial charge is 0.333 e. The molecule has 2 aromatic rings. The van der Waals surface area contributed by atoms with Crippen molar-refractivity contribution in [1.82, 2.24) is 25.1 Å². The van der Waals surface area contributed by atoms with Gasteiger partial charge in [0.05, 0.1) is 13.1 Å². The lowest BCUT2D eigenvalue weighted by Crippen LogP contribution is -2.75. The molecule has 2 aromatic carbocycles. The summed E-state index contributed by atoms with van der Waals surface area (Å²) < 4.78 is 0. The third kappa shape index (κ3) is 5.07. The predicted octanol–water partition coefficient (Wildman–Crippen LogP) is 2.81. The first-order valence-electron chi connectivity index (χ1n) is 12.0. The molecule has 4 amide bonds. The van der Waals surface area contributed by atoms with Crippen molar-refractivity contribution in [3.8, 4) is 0 Å². The Morgan fingerprint density at radius 2 is 1.65 bits per heavy atom. The molecule has 34 heavy (non-hydrogen) atoms. The standard InChI is InChI=1S/C26H33N5O3/c1-3-4-15-22-25(33)29(17-21-13-9-6-10-14-21)18-23-30(22)24(32)19-28(2)31(23)26(34)27-16-20-11-7-5-8-12-20/h5-14,22-23H,3-4,15-19H2,1-2H3,(H,27,34)/t22-,23-/m0/s1. The SMILES string of the molecule is CCCC[C@H]1C(=O)N(Cc2ccccc2)C[C@H]2N1C(=O)CN(C)N2C(=O)NCc1ccccc1. The van der Waals surface area contributed by atoms with Crippen molar-refractivity contribution in [2.24, 2.45) is 0 Å². The number of fused-ring (bicyclic) bond motifs is 1. The van der Waals surface area contributed by atoms with Crippen LogP contribution >= 0.6 is 0 Å². The average Bonchev–Trinajstić information content (AvgIpc) is 2.84. The Balaban J connectivity index is 1.59. The summed E-state index contributed by atoms with van der Waals surface area (Å²) in [6, 6.07) is 18.7. The Kier molecular flexibility index (Phi) is 7.47. The van der Waals surface area contributed by atoms with Gasteiger partial charge in [-0.25, -0.2) is 14.8 Å². The molecule has 4 rings (SSSR count). The minimum absolute atomic E-state index is 0.0453. The van der Waals surface area contributed by atoms with E-state index in [0.29, 0.717) is 19.5 Å². The van der Waals surface area contributed by atoms with E-state index >= 15 is 0 Å². The Bertz CT molecular complexity index is 1000. The Hall–Kier alpha value is -3.39. The molecular formula is C26H33N5O3. The molecule has 2 heterocycles. The number of urea groups is 1. The van der Waals surface area contributed by atoms with E-state index in [9.17, 15) is 14.4 Å². The van der Waals surface area contributed by atoms with E-state index in [0.717, 1.165) is 24.0 Å². The fraction of sp³-hybridized carbons (Fsp3) is 0.423. The van der Waals surface area contributed by atoms with Crippen LogP contribution in [0.3, 0.4) is 0 Å². The predicted molar refractivity (Wildman–Crippen MR) is 129 cm³/mol. The van der Waals surface area contributed by atoms with Crippen LogP contribution in [0.1, 0.15) is 37.3 Å². The normalized spacial score (nSPS) is 20.9. The maximum Gasteiger partial charge on any atom is 0.334 e. The topological polar surface area (TPSA) is 76.2 Å². The molecule has 8 heteroatoms. The molecule has 8 nitrogen and oxygen atoms in total. The van der Waals surface area contributed by atoms with E-state index in [2.05, 4.69) is 12.2 Å². The summed E-state index contributed by atoms with van der Waals surface area (Å²) in [5.41, 5.74) is 2.02. The average molecular weight is 464 g/mol. The van der Waals surface area contributed by atoms with Gasteiger partial charge in [0.25, 0.3) is 0 Å². The molecule has 1 N–H and O–H groups in total. The number of rotatable bonds is 7. The molecule has 0 aromatic heterocycles. The van der Waals surface area contributed by atoms with Gasteiger partial charge in [-0.05, 0) is 17.5 Å². The van der Waals surface area contributed by atoms with E-state index in [1.807, 2.05) is 60.7 Å². The second-order valence-corrected chi connectivity index (χ2v) is 8.95. The van der Waals surface area contributed by atoms with Gasteiger partial charge in [0, 0.05) is 20.1 Å². The highest BCUT2D eigenvalue weighted by Crippen LogP contribution is 2.29. The molecule has 2 aliphatic heterocycles. The van der Waals surface area contributed by atoms with Gasteiger partial charge in [-0.2, -0.15) is 0 Å². The van der Waals surface area contributed by atoms with Crippen LogP contribution in [0, 0.1) is 0 Å². The van der Waals surface area contributed by atoms with Gasteiger partial charge in [-0.1, -0.05) is 80.4 Å². The number of nitrogens with zero attached hydrogens (tertiary/aromatic N) is 4. The lowest BCUT2D eigenvalue weighted by Gasteiger charge is -2.54. The van der Waals surface area contributed by atoms with Crippen LogP contribution in [0.4, 0.5) is 4.79 Å². The van der Waals surface area contributed by atoms with Gasteiger partial charge in [0.15, 0.2) is 0 Å². The number of amides is 4. The molecule has 2 fully saturated rings. The van der Waals surface area contributed by atoms with Crippen LogP contribution in [0.25, 0.3) is 0 Å². The second kappa shape index (κ2) is 10.7. The van der Waals surface area contributed by atoms with Crippen LogP contribution in [0.2, 0.25) is 0 Å². The quantitative estimate of drug-likeness (QED) is 0.685. The molecule has 0 saturated carbocycles. The molecule has 2 aliphatic rings. The van der Waals surface area contributed by atoms with E-state index in [1.165, 1.54) is 0 Å². The number of likely N-dealkylation sites (N-methyl/N-ethyl adjacent to an activating group) is 1. The van der Waals surface area contributed by atoms with E-state index in [-0.39, 0.29) is 30.9 Å².